The van der Waals surface area contributed by atoms with Gasteiger partial charge in [0.15, 0.2) is 5.69 Å². The summed E-state index contributed by atoms with van der Waals surface area (Å²) in [7, 11) is 4.85. The van der Waals surface area contributed by atoms with E-state index in [2.05, 4.69) is 27.3 Å². The number of carbonyl (C=O) groups excluding carboxylic acids is 1. The zero-order chi connectivity index (χ0) is 22.8. The molecule has 0 aliphatic rings. The number of benzene rings is 2. The van der Waals surface area contributed by atoms with Crippen LogP contribution in [0.5, 0.6) is 11.5 Å². The van der Waals surface area contributed by atoms with E-state index in [1.165, 1.54) is 6.26 Å². The number of ether oxygens (including phenoxy) is 3. The summed E-state index contributed by atoms with van der Waals surface area (Å²) in [4.78, 5) is 18.8. The van der Waals surface area contributed by atoms with E-state index in [0.29, 0.717) is 38.7 Å². The Bertz CT molecular complexity index is 990. The summed E-state index contributed by atoms with van der Waals surface area (Å²) in [5.41, 5.74) is 2.41. The number of carbonyl (C=O) groups is 1. The molecule has 0 aliphatic heterocycles. The molecule has 0 aliphatic carbocycles. The second-order valence-electron chi connectivity index (χ2n) is 7.18. The minimum Gasteiger partial charge on any atom is -0.497 e. The molecular formula is C24H29N3O5. The molecule has 1 heterocycles. The third-order valence-corrected chi connectivity index (χ3v) is 4.87. The highest BCUT2D eigenvalue weighted by Crippen LogP contribution is 2.27. The molecular weight excluding hydrogens is 410 g/mol. The molecule has 1 aromatic heterocycles. The van der Waals surface area contributed by atoms with E-state index in [-0.39, 0.29) is 11.6 Å². The molecule has 1 N–H and O–H groups in total. The minimum absolute atomic E-state index is 0.248. The minimum atomic E-state index is -0.288. The van der Waals surface area contributed by atoms with Gasteiger partial charge in [-0.3, -0.25) is 9.69 Å². The normalized spacial score (nSPS) is 10.9. The number of aromatic nitrogens is 1. The van der Waals surface area contributed by atoms with Gasteiger partial charge in [0.25, 0.3) is 5.91 Å². The van der Waals surface area contributed by atoms with Gasteiger partial charge in [0.2, 0.25) is 5.89 Å². The summed E-state index contributed by atoms with van der Waals surface area (Å²) in [5.74, 6) is 1.65. The Morgan fingerprint density at radius 3 is 2.56 bits per heavy atom. The molecule has 0 saturated carbocycles. The molecule has 0 radical (unpaired) electrons. The number of oxazole rings is 1. The molecule has 170 valence electrons. The predicted octanol–water partition coefficient (Wildman–Crippen LogP) is 3.27. The third kappa shape index (κ3) is 6.57. The van der Waals surface area contributed by atoms with Crippen molar-refractivity contribution in [3.05, 3.63) is 77.5 Å². The Morgan fingerprint density at radius 1 is 1.03 bits per heavy atom. The van der Waals surface area contributed by atoms with Crippen LogP contribution in [0.2, 0.25) is 0 Å². The molecule has 0 unspecified atom stereocenters. The zero-order valence-corrected chi connectivity index (χ0v) is 18.7. The monoisotopic (exact) mass is 439 g/mol. The molecule has 2 aromatic carbocycles. The molecule has 3 aromatic rings. The molecule has 1 amide bonds. The fourth-order valence-electron chi connectivity index (χ4n) is 3.27. The maximum absolute atomic E-state index is 12.2. The maximum Gasteiger partial charge on any atom is 0.273 e. The SMILES string of the molecule is COCCNC(=O)c1coc(CN(Cc2ccccc2)Cc2ccc(OC)cc2OC)n1. The van der Waals surface area contributed by atoms with Gasteiger partial charge in [-0.2, -0.15) is 0 Å². The van der Waals surface area contributed by atoms with Crippen molar-refractivity contribution < 1.29 is 23.4 Å². The molecule has 8 heteroatoms. The van der Waals surface area contributed by atoms with Crippen LogP contribution >= 0.6 is 0 Å². The van der Waals surface area contributed by atoms with Crippen LogP contribution < -0.4 is 14.8 Å². The van der Waals surface area contributed by atoms with Crippen LogP contribution in [0.3, 0.4) is 0 Å². The van der Waals surface area contributed by atoms with E-state index < -0.39 is 0 Å². The first-order valence-electron chi connectivity index (χ1n) is 10.3. The number of amides is 1. The number of nitrogens with one attached hydrogen (secondary N) is 1. The van der Waals surface area contributed by atoms with E-state index in [0.717, 1.165) is 22.6 Å². The zero-order valence-electron chi connectivity index (χ0n) is 18.7. The number of rotatable bonds is 12. The smallest absolute Gasteiger partial charge is 0.273 e. The number of hydrogen-bond donors (Lipinski definition) is 1. The Labute approximate surface area is 188 Å². The Morgan fingerprint density at radius 2 is 1.84 bits per heavy atom. The van der Waals surface area contributed by atoms with Gasteiger partial charge < -0.3 is 23.9 Å². The highest BCUT2D eigenvalue weighted by Gasteiger charge is 2.17. The van der Waals surface area contributed by atoms with Crippen LogP contribution in [0.15, 0.2) is 59.2 Å². The lowest BCUT2D eigenvalue weighted by Crippen LogP contribution is -2.27. The van der Waals surface area contributed by atoms with Crippen molar-refractivity contribution in [2.45, 2.75) is 19.6 Å². The van der Waals surface area contributed by atoms with E-state index >= 15 is 0 Å². The number of methoxy groups -OCH3 is 3. The van der Waals surface area contributed by atoms with Crippen LogP contribution in [0, 0.1) is 0 Å². The van der Waals surface area contributed by atoms with Crippen LogP contribution in [0.1, 0.15) is 27.5 Å². The highest BCUT2D eigenvalue weighted by atomic mass is 16.5. The van der Waals surface area contributed by atoms with Crippen molar-refractivity contribution in [3.63, 3.8) is 0 Å². The van der Waals surface area contributed by atoms with E-state index in [1.54, 1.807) is 21.3 Å². The van der Waals surface area contributed by atoms with Crippen LogP contribution in [-0.4, -0.2) is 50.3 Å². The second-order valence-corrected chi connectivity index (χ2v) is 7.18. The lowest BCUT2D eigenvalue weighted by atomic mass is 10.1. The summed E-state index contributed by atoms with van der Waals surface area (Å²) in [6.07, 6.45) is 1.38. The summed E-state index contributed by atoms with van der Waals surface area (Å²) < 4.78 is 21.4. The Kier molecular flexibility index (Phi) is 8.65. The molecule has 0 bridgehead atoms. The fourth-order valence-corrected chi connectivity index (χ4v) is 3.27. The van der Waals surface area contributed by atoms with Gasteiger partial charge in [0.1, 0.15) is 17.8 Å². The first kappa shape index (κ1) is 23.3. The summed E-state index contributed by atoms with van der Waals surface area (Å²) in [6, 6.07) is 15.9. The molecule has 0 saturated heterocycles. The van der Waals surface area contributed by atoms with Crippen molar-refractivity contribution in [1.82, 2.24) is 15.2 Å². The maximum atomic E-state index is 12.2. The van der Waals surface area contributed by atoms with Gasteiger partial charge in [0.05, 0.1) is 27.4 Å². The standard InChI is InChI=1S/C24H29N3O5/c1-29-12-11-25-24(28)21-17-32-23(26-21)16-27(14-18-7-5-4-6-8-18)15-19-9-10-20(30-2)13-22(19)31-3/h4-10,13,17H,11-12,14-16H2,1-3H3,(H,25,28). The highest BCUT2D eigenvalue weighted by molar-refractivity contribution is 5.91. The molecule has 0 spiro atoms. The van der Waals surface area contributed by atoms with E-state index in [9.17, 15) is 4.79 Å². The average molecular weight is 440 g/mol. The lowest BCUT2D eigenvalue weighted by molar-refractivity contribution is 0.0932. The van der Waals surface area contributed by atoms with Gasteiger partial charge in [0, 0.05) is 38.4 Å². The quantitative estimate of drug-likeness (QED) is 0.434. The van der Waals surface area contributed by atoms with Crippen molar-refractivity contribution in [3.8, 4) is 11.5 Å². The van der Waals surface area contributed by atoms with Crippen LogP contribution in [-0.2, 0) is 24.4 Å². The van der Waals surface area contributed by atoms with Gasteiger partial charge in [-0.1, -0.05) is 36.4 Å². The average Bonchev–Trinajstić information content (AvgIpc) is 3.28. The molecule has 0 atom stereocenters. The van der Waals surface area contributed by atoms with Crippen molar-refractivity contribution in [2.24, 2.45) is 0 Å². The van der Waals surface area contributed by atoms with Crippen molar-refractivity contribution >= 4 is 5.91 Å². The largest absolute Gasteiger partial charge is 0.497 e. The van der Waals surface area contributed by atoms with Crippen LogP contribution in [0.25, 0.3) is 0 Å². The number of hydrogen-bond acceptors (Lipinski definition) is 7. The van der Waals surface area contributed by atoms with Crippen molar-refractivity contribution in [2.75, 3.05) is 34.5 Å². The predicted molar refractivity (Wildman–Crippen MR) is 120 cm³/mol. The third-order valence-electron chi connectivity index (χ3n) is 4.87. The van der Waals surface area contributed by atoms with E-state index in [4.69, 9.17) is 18.6 Å². The van der Waals surface area contributed by atoms with Gasteiger partial charge in [-0.05, 0) is 11.6 Å². The summed E-state index contributed by atoms with van der Waals surface area (Å²) >= 11 is 0. The lowest BCUT2D eigenvalue weighted by Gasteiger charge is -2.22. The molecule has 3 rings (SSSR count). The molecule has 32 heavy (non-hydrogen) atoms. The first-order chi connectivity index (χ1) is 15.6. The molecule has 8 nitrogen and oxygen atoms in total. The van der Waals surface area contributed by atoms with Crippen LogP contribution in [0.4, 0.5) is 0 Å². The van der Waals surface area contributed by atoms with Gasteiger partial charge in [-0.15, -0.1) is 0 Å². The molecule has 0 fully saturated rings. The van der Waals surface area contributed by atoms with Gasteiger partial charge >= 0.3 is 0 Å². The van der Waals surface area contributed by atoms with Gasteiger partial charge in [-0.25, -0.2) is 4.98 Å². The van der Waals surface area contributed by atoms with Crippen molar-refractivity contribution in [1.29, 1.82) is 0 Å². The Hall–Kier alpha value is -3.36. The first-order valence-corrected chi connectivity index (χ1v) is 10.3. The topological polar surface area (TPSA) is 86.1 Å². The summed E-state index contributed by atoms with van der Waals surface area (Å²) in [6.45, 7) is 2.54. The summed E-state index contributed by atoms with van der Waals surface area (Å²) in [5, 5.41) is 2.74. The van der Waals surface area contributed by atoms with E-state index in [1.807, 2.05) is 36.4 Å². The second kappa shape index (κ2) is 11.9. The fraction of sp³-hybridized carbons (Fsp3) is 0.333. The Balaban J connectivity index is 1.76. The number of nitrogens with zero attached hydrogens (tertiary/aromatic N) is 2.